The van der Waals surface area contributed by atoms with Crippen LogP contribution in [0.3, 0.4) is 0 Å². The molecule has 44 heavy (non-hydrogen) atoms. The number of benzene rings is 2. The van der Waals surface area contributed by atoms with E-state index in [1.165, 1.54) is 0 Å². The number of rotatable bonds is 5. The van der Waals surface area contributed by atoms with Gasteiger partial charge >= 0.3 is 18.4 Å². The van der Waals surface area contributed by atoms with E-state index >= 15 is 0 Å². The molecule has 0 aliphatic carbocycles. The Morgan fingerprint density at radius 2 is 1.48 bits per heavy atom. The molecular formula is C28H16F6N8O2. The number of nitrogens with one attached hydrogen (secondary N) is 2. The summed E-state index contributed by atoms with van der Waals surface area (Å²) in [6.45, 7) is 0. The molecule has 1 atom stereocenters. The first-order valence-corrected chi connectivity index (χ1v) is 12.6. The van der Waals surface area contributed by atoms with Crippen molar-refractivity contribution >= 4 is 23.3 Å². The maximum atomic E-state index is 13.5. The molecular weight excluding hydrogens is 594 g/mol. The minimum absolute atomic E-state index is 0.225. The Kier molecular flexibility index (Phi) is 7.03. The Bertz CT molecular complexity index is 1870. The minimum Gasteiger partial charge on any atom is -0.402 e. The lowest BCUT2D eigenvalue weighted by atomic mass is 10.0. The number of aliphatic imine (C=N–C) groups is 1. The molecule has 1 aliphatic heterocycles. The van der Waals surface area contributed by atoms with Crippen LogP contribution in [0.5, 0.6) is 0 Å². The number of carbonyl (C=O) groups excluding carboxylic acids is 1. The summed E-state index contributed by atoms with van der Waals surface area (Å²) in [5, 5.41) is 13.2. The van der Waals surface area contributed by atoms with Gasteiger partial charge in [-0.05, 0) is 12.1 Å². The fourth-order valence-electron chi connectivity index (χ4n) is 4.30. The molecule has 10 nitrogen and oxygen atoms in total. The van der Waals surface area contributed by atoms with E-state index in [9.17, 15) is 31.1 Å². The molecule has 3 aromatic heterocycles. The van der Waals surface area contributed by atoms with Crippen LogP contribution in [0, 0.1) is 0 Å². The molecule has 6 rings (SSSR count). The number of hydrogen-bond acceptors (Lipinski definition) is 9. The molecule has 16 heteroatoms. The molecule has 4 heterocycles. The summed E-state index contributed by atoms with van der Waals surface area (Å²) < 4.78 is 85.0. The van der Waals surface area contributed by atoms with Crippen LogP contribution in [0.25, 0.3) is 22.7 Å². The first-order valence-electron chi connectivity index (χ1n) is 12.6. The largest absolute Gasteiger partial charge is 0.451 e. The van der Waals surface area contributed by atoms with Crippen LogP contribution in [0.1, 0.15) is 22.5 Å². The van der Waals surface area contributed by atoms with Crippen molar-refractivity contribution in [3.05, 3.63) is 102 Å². The number of pyridine rings is 1. The number of halogens is 6. The van der Waals surface area contributed by atoms with Crippen LogP contribution in [-0.2, 0) is 17.1 Å². The molecule has 2 N–H and O–H groups in total. The quantitative estimate of drug-likeness (QED) is 0.237. The summed E-state index contributed by atoms with van der Waals surface area (Å²) >= 11 is 0. The molecule has 2 aromatic carbocycles. The highest BCUT2D eigenvalue weighted by Crippen LogP contribution is 2.37. The van der Waals surface area contributed by atoms with Crippen molar-refractivity contribution in [2.75, 3.05) is 10.6 Å². The van der Waals surface area contributed by atoms with E-state index < -0.39 is 41.7 Å². The minimum atomic E-state index is -4.87. The summed E-state index contributed by atoms with van der Waals surface area (Å²) in [5.41, 5.74) is 0.318. The maximum absolute atomic E-state index is 13.5. The van der Waals surface area contributed by atoms with Crippen molar-refractivity contribution in [2.24, 2.45) is 4.99 Å². The van der Waals surface area contributed by atoms with Gasteiger partial charge in [0.15, 0.2) is 0 Å². The van der Waals surface area contributed by atoms with Gasteiger partial charge in [-0.2, -0.15) is 26.3 Å². The van der Waals surface area contributed by atoms with Crippen molar-refractivity contribution in [1.82, 2.24) is 25.1 Å². The normalized spacial score (nSPS) is 15.2. The second kappa shape index (κ2) is 10.9. The van der Waals surface area contributed by atoms with E-state index in [-0.39, 0.29) is 22.8 Å². The Balaban J connectivity index is 1.36. The highest BCUT2D eigenvalue weighted by Gasteiger charge is 2.36. The van der Waals surface area contributed by atoms with E-state index in [1.54, 1.807) is 24.3 Å². The summed E-state index contributed by atoms with van der Waals surface area (Å²) in [6.07, 6.45) is -9.05. The van der Waals surface area contributed by atoms with Gasteiger partial charge < -0.3 is 15.1 Å². The van der Waals surface area contributed by atoms with Gasteiger partial charge in [0.25, 0.3) is 11.8 Å². The van der Waals surface area contributed by atoms with Crippen molar-refractivity contribution < 1.29 is 35.6 Å². The maximum Gasteiger partial charge on any atom is 0.451 e. The number of anilines is 2. The van der Waals surface area contributed by atoms with E-state index in [0.717, 1.165) is 0 Å². The number of alkyl halides is 6. The van der Waals surface area contributed by atoms with Gasteiger partial charge in [0.05, 0.1) is 17.0 Å². The highest BCUT2D eigenvalue weighted by atomic mass is 19.4. The number of para-hydroxylation sites is 1. The number of fused-ring (bicyclic) bond motifs is 1. The smallest absolute Gasteiger partial charge is 0.402 e. The number of benzodiazepines with no additional fused rings is 1. The summed E-state index contributed by atoms with van der Waals surface area (Å²) in [6, 6.07) is 16.4. The van der Waals surface area contributed by atoms with E-state index in [0.29, 0.717) is 47.2 Å². The molecule has 0 bridgehead atoms. The molecule has 0 saturated heterocycles. The summed E-state index contributed by atoms with van der Waals surface area (Å²) in [7, 11) is 0. The molecule has 0 saturated carbocycles. The average molecular weight is 610 g/mol. The molecule has 1 amide bonds. The van der Waals surface area contributed by atoms with Crippen LogP contribution >= 0.6 is 0 Å². The molecule has 0 radical (unpaired) electrons. The fraction of sp³-hybridized carbons (Fsp3) is 0.107. The molecule has 0 spiro atoms. The lowest BCUT2D eigenvalue weighted by Gasteiger charge is -2.12. The zero-order valence-corrected chi connectivity index (χ0v) is 21.9. The van der Waals surface area contributed by atoms with Gasteiger partial charge in [-0.3, -0.25) is 4.79 Å². The van der Waals surface area contributed by atoms with Gasteiger partial charge in [-0.1, -0.05) is 53.6 Å². The van der Waals surface area contributed by atoms with Crippen LogP contribution in [0.4, 0.5) is 38.0 Å². The third kappa shape index (κ3) is 5.68. The van der Waals surface area contributed by atoms with Crippen LogP contribution < -0.4 is 10.6 Å². The van der Waals surface area contributed by atoms with Crippen molar-refractivity contribution in [3.63, 3.8) is 0 Å². The van der Waals surface area contributed by atoms with Gasteiger partial charge in [0.2, 0.25) is 12.0 Å². The Morgan fingerprint density at radius 3 is 2.18 bits per heavy atom. The standard InChI is InChI=1S/C28H16F6N8O2/c29-27(30,31)16-10-18(15-11-36-25(37-12-15)28(32,33)34)21(35-13-16)24-41-42-26(44-24)40-22-23(43)38-19-9-5-4-8-17(19)20(39-22)14-6-2-1-3-7-14/h1-13,22H,(H,38,43)(H,40,42). The van der Waals surface area contributed by atoms with Gasteiger partial charge in [0, 0.05) is 40.8 Å². The topological polar surface area (TPSA) is 131 Å². The molecule has 1 unspecified atom stereocenters. The van der Waals surface area contributed by atoms with Gasteiger partial charge in [0.1, 0.15) is 5.69 Å². The number of carbonyl (C=O) groups is 1. The number of amides is 1. The molecule has 5 aromatic rings. The van der Waals surface area contributed by atoms with E-state index in [1.807, 2.05) is 30.3 Å². The second-order valence-corrected chi connectivity index (χ2v) is 9.25. The van der Waals surface area contributed by atoms with Crippen LogP contribution in [0.15, 0.2) is 88.7 Å². The van der Waals surface area contributed by atoms with Crippen molar-refractivity contribution in [1.29, 1.82) is 0 Å². The number of aromatic nitrogens is 5. The SMILES string of the molecule is O=C1Nc2ccccc2C(c2ccccc2)=NC1Nc1nnc(-c2ncc(C(F)(F)F)cc2-c2cnc(C(F)(F)F)nc2)o1. The first-order chi connectivity index (χ1) is 21.0. The van der Waals surface area contributed by atoms with Crippen LogP contribution in [-0.4, -0.2) is 42.9 Å². The zero-order chi connectivity index (χ0) is 31.1. The Morgan fingerprint density at radius 1 is 0.773 bits per heavy atom. The van der Waals surface area contributed by atoms with Gasteiger partial charge in [-0.25, -0.2) is 19.9 Å². The van der Waals surface area contributed by atoms with E-state index in [2.05, 4.69) is 40.8 Å². The Labute approximate surface area is 242 Å². The lowest BCUT2D eigenvalue weighted by molar-refractivity contribution is -0.145. The van der Waals surface area contributed by atoms with Gasteiger partial charge in [-0.15, -0.1) is 5.10 Å². The van der Waals surface area contributed by atoms with Crippen LogP contribution in [0.2, 0.25) is 0 Å². The third-order valence-electron chi connectivity index (χ3n) is 6.31. The van der Waals surface area contributed by atoms with Crippen molar-refractivity contribution in [2.45, 2.75) is 18.5 Å². The predicted octanol–water partition coefficient (Wildman–Crippen LogP) is 5.85. The first kappa shape index (κ1) is 28.4. The second-order valence-electron chi connectivity index (χ2n) is 9.25. The van der Waals surface area contributed by atoms with E-state index in [4.69, 9.17) is 4.42 Å². The lowest BCUT2D eigenvalue weighted by Crippen LogP contribution is -2.32. The predicted molar refractivity (Wildman–Crippen MR) is 143 cm³/mol. The summed E-state index contributed by atoms with van der Waals surface area (Å²) in [5.74, 6) is -2.45. The number of hydrogen-bond donors (Lipinski definition) is 2. The zero-order valence-electron chi connectivity index (χ0n) is 21.9. The Hall–Kier alpha value is -5.67. The summed E-state index contributed by atoms with van der Waals surface area (Å²) in [4.78, 5) is 28.0. The average Bonchev–Trinajstić information content (AvgIpc) is 3.42. The third-order valence-corrected chi connectivity index (χ3v) is 6.31. The monoisotopic (exact) mass is 610 g/mol. The number of nitrogens with zero attached hydrogens (tertiary/aromatic N) is 6. The molecule has 222 valence electrons. The molecule has 1 aliphatic rings. The van der Waals surface area contributed by atoms with Crippen molar-refractivity contribution in [3.8, 4) is 22.7 Å². The highest BCUT2D eigenvalue weighted by molar-refractivity contribution is 6.19. The fourth-order valence-corrected chi connectivity index (χ4v) is 4.30. The molecule has 0 fully saturated rings.